The Morgan fingerprint density at radius 1 is 1.11 bits per heavy atom. The number of Topliss-reactive ketones (excluding diaryl/α,β-unsaturated/α-hetero) is 1. The molecule has 98 valence electrons. The summed E-state index contributed by atoms with van der Waals surface area (Å²) in [5.41, 5.74) is 2.05. The molecule has 2 rings (SSSR count). The smallest absolute Gasteiger partial charge is 0.167 e. The van der Waals surface area contributed by atoms with Gasteiger partial charge < -0.3 is 0 Å². The molecule has 4 heteroatoms. The largest absolute Gasteiger partial charge is 0.294 e. The van der Waals surface area contributed by atoms with Gasteiger partial charge in [-0.05, 0) is 42.3 Å². The fraction of sp³-hybridized carbons (Fsp3) is 0.133. The zero-order valence-electron chi connectivity index (χ0n) is 10.2. The van der Waals surface area contributed by atoms with E-state index in [1.807, 2.05) is 19.1 Å². The summed E-state index contributed by atoms with van der Waals surface area (Å²) >= 11 is 11.7. The van der Waals surface area contributed by atoms with Gasteiger partial charge in [-0.25, -0.2) is 4.39 Å². The molecule has 2 aromatic rings. The number of aryl methyl sites for hydroxylation is 1. The molecule has 0 aromatic heterocycles. The molecule has 0 bridgehead atoms. The molecule has 0 heterocycles. The first-order chi connectivity index (χ1) is 8.97. The molecule has 0 aliphatic heterocycles. The molecule has 0 amide bonds. The molecule has 0 saturated heterocycles. The maximum atomic E-state index is 13.3. The van der Waals surface area contributed by atoms with E-state index in [4.69, 9.17) is 23.2 Å². The van der Waals surface area contributed by atoms with E-state index in [2.05, 4.69) is 0 Å². The highest BCUT2D eigenvalue weighted by Crippen LogP contribution is 2.21. The lowest BCUT2D eigenvalue weighted by Crippen LogP contribution is -2.04. The van der Waals surface area contributed by atoms with Crippen molar-refractivity contribution in [3.8, 4) is 0 Å². The number of benzene rings is 2. The van der Waals surface area contributed by atoms with Crippen molar-refractivity contribution < 1.29 is 9.18 Å². The average Bonchev–Trinajstić information content (AvgIpc) is 2.36. The number of carbonyl (C=O) groups is 1. The van der Waals surface area contributed by atoms with Crippen LogP contribution in [-0.2, 0) is 6.42 Å². The van der Waals surface area contributed by atoms with E-state index < -0.39 is 5.82 Å². The lowest BCUT2D eigenvalue weighted by molar-refractivity contribution is 0.0992. The van der Waals surface area contributed by atoms with Gasteiger partial charge in [-0.3, -0.25) is 4.79 Å². The van der Waals surface area contributed by atoms with E-state index in [1.165, 1.54) is 12.1 Å². The Labute approximate surface area is 121 Å². The van der Waals surface area contributed by atoms with Crippen molar-refractivity contribution in [1.29, 1.82) is 0 Å². The monoisotopic (exact) mass is 296 g/mol. The van der Waals surface area contributed by atoms with Gasteiger partial charge in [0, 0.05) is 17.0 Å². The highest BCUT2D eigenvalue weighted by atomic mass is 35.5. The van der Waals surface area contributed by atoms with Crippen molar-refractivity contribution in [2.75, 3.05) is 0 Å². The van der Waals surface area contributed by atoms with Gasteiger partial charge in [-0.1, -0.05) is 35.3 Å². The molecule has 0 aliphatic carbocycles. The first-order valence-corrected chi connectivity index (χ1v) is 6.46. The highest BCUT2D eigenvalue weighted by Gasteiger charge is 2.11. The third-order valence-electron chi connectivity index (χ3n) is 2.80. The van der Waals surface area contributed by atoms with Gasteiger partial charge in [0.05, 0.1) is 5.02 Å². The van der Waals surface area contributed by atoms with Crippen molar-refractivity contribution in [3.63, 3.8) is 0 Å². The second kappa shape index (κ2) is 5.72. The number of ketones is 1. The topological polar surface area (TPSA) is 17.1 Å². The third-order valence-corrected chi connectivity index (χ3v) is 3.46. The summed E-state index contributed by atoms with van der Waals surface area (Å²) in [6.45, 7) is 1.92. The fourth-order valence-electron chi connectivity index (χ4n) is 1.74. The Hall–Kier alpha value is -1.38. The van der Waals surface area contributed by atoms with Gasteiger partial charge in [-0.15, -0.1) is 0 Å². The summed E-state index contributed by atoms with van der Waals surface area (Å²) in [7, 11) is 0. The first-order valence-electron chi connectivity index (χ1n) is 5.70. The molecule has 0 N–H and O–H groups in total. The van der Waals surface area contributed by atoms with Crippen LogP contribution in [0.3, 0.4) is 0 Å². The Balaban J connectivity index is 2.23. The standard InChI is InChI=1S/C15H11Cl2FO/c1-9-2-3-10(13(17)6-9)8-15(19)11-4-5-12(16)14(18)7-11/h2-7H,8H2,1H3. The van der Waals surface area contributed by atoms with Crippen molar-refractivity contribution >= 4 is 29.0 Å². The lowest BCUT2D eigenvalue weighted by Gasteiger charge is -2.05. The van der Waals surface area contributed by atoms with Crippen molar-refractivity contribution in [2.45, 2.75) is 13.3 Å². The van der Waals surface area contributed by atoms with Crippen molar-refractivity contribution in [1.82, 2.24) is 0 Å². The Bertz CT molecular complexity index is 638. The van der Waals surface area contributed by atoms with Gasteiger partial charge >= 0.3 is 0 Å². The first kappa shape index (κ1) is 14.0. The second-order valence-electron chi connectivity index (χ2n) is 4.32. The summed E-state index contributed by atoms with van der Waals surface area (Å²) < 4.78 is 13.3. The van der Waals surface area contributed by atoms with Gasteiger partial charge in [-0.2, -0.15) is 0 Å². The van der Waals surface area contributed by atoms with Gasteiger partial charge in [0.15, 0.2) is 5.78 Å². The van der Waals surface area contributed by atoms with Gasteiger partial charge in [0.1, 0.15) is 5.82 Å². The second-order valence-corrected chi connectivity index (χ2v) is 5.14. The van der Waals surface area contributed by atoms with E-state index >= 15 is 0 Å². The Morgan fingerprint density at radius 3 is 2.47 bits per heavy atom. The number of rotatable bonds is 3. The zero-order chi connectivity index (χ0) is 14.0. The van der Waals surface area contributed by atoms with Crippen LogP contribution in [0, 0.1) is 12.7 Å². The van der Waals surface area contributed by atoms with Crippen LogP contribution in [0.5, 0.6) is 0 Å². The molecule has 0 radical (unpaired) electrons. The summed E-state index contributed by atoms with van der Waals surface area (Å²) in [5, 5.41) is 0.549. The van der Waals surface area contributed by atoms with Crippen LogP contribution < -0.4 is 0 Å². The minimum absolute atomic E-state index is 0.00455. The summed E-state index contributed by atoms with van der Waals surface area (Å²) in [5.74, 6) is -0.788. The predicted molar refractivity (Wildman–Crippen MR) is 75.6 cm³/mol. The molecule has 1 nitrogen and oxygen atoms in total. The van der Waals surface area contributed by atoms with Crippen molar-refractivity contribution in [2.24, 2.45) is 0 Å². The summed E-state index contributed by atoms with van der Waals surface area (Å²) in [4.78, 5) is 12.0. The van der Waals surface area contributed by atoms with Crippen molar-refractivity contribution in [3.05, 3.63) is 69.0 Å². The molecule has 2 aromatic carbocycles. The van der Waals surface area contributed by atoms with Crippen LogP contribution in [0.1, 0.15) is 21.5 Å². The van der Waals surface area contributed by atoms with E-state index in [9.17, 15) is 9.18 Å². The SMILES string of the molecule is Cc1ccc(CC(=O)c2ccc(Cl)c(F)c2)c(Cl)c1. The molecule has 0 saturated carbocycles. The van der Waals surface area contributed by atoms with E-state index in [-0.39, 0.29) is 17.2 Å². The summed E-state index contributed by atoms with van der Waals surface area (Å²) in [6, 6.07) is 9.52. The molecule has 0 fully saturated rings. The minimum atomic E-state index is -0.595. The minimum Gasteiger partial charge on any atom is -0.294 e. The normalized spacial score (nSPS) is 10.5. The zero-order valence-corrected chi connectivity index (χ0v) is 11.7. The number of halogens is 3. The molecule has 19 heavy (non-hydrogen) atoms. The van der Waals surface area contributed by atoms with Crippen LogP contribution in [0.4, 0.5) is 4.39 Å². The van der Waals surface area contributed by atoms with Gasteiger partial charge in [0.25, 0.3) is 0 Å². The molecule has 0 spiro atoms. The van der Waals surface area contributed by atoms with E-state index in [0.29, 0.717) is 10.6 Å². The maximum Gasteiger partial charge on any atom is 0.167 e. The number of hydrogen-bond acceptors (Lipinski definition) is 1. The Kier molecular flexibility index (Phi) is 4.23. The molecular weight excluding hydrogens is 286 g/mol. The number of carbonyl (C=O) groups excluding carboxylic acids is 1. The highest BCUT2D eigenvalue weighted by molar-refractivity contribution is 6.32. The molecule has 0 atom stereocenters. The molecular formula is C15H11Cl2FO. The maximum absolute atomic E-state index is 13.3. The van der Waals surface area contributed by atoms with Crippen LogP contribution >= 0.6 is 23.2 Å². The van der Waals surface area contributed by atoms with E-state index in [0.717, 1.165) is 17.2 Å². The Morgan fingerprint density at radius 2 is 1.84 bits per heavy atom. The third kappa shape index (κ3) is 3.34. The molecule has 0 aliphatic rings. The number of hydrogen-bond donors (Lipinski definition) is 0. The fourth-order valence-corrected chi connectivity index (χ4v) is 2.16. The van der Waals surface area contributed by atoms with E-state index in [1.54, 1.807) is 6.07 Å². The van der Waals surface area contributed by atoms with Crippen LogP contribution in [0.25, 0.3) is 0 Å². The lowest BCUT2D eigenvalue weighted by atomic mass is 10.0. The van der Waals surface area contributed by atoms with Crippen LogP contribution in [0.15, 0.2) is 36.4 Å². The van der Waals surface area contributed by atoms with Crippen LogP contribution in [-0.4, -0.2) is 5.78 Å². The predicted octanol–water partition coefficient (Wildman–Crippen LogP) is 4.87. The van der Waals surface area contributed by atoms with Crippen LogP contribution in [0.2, 0.25) is 10.0 Å². The van der Waals surface area contributed by atoms with Gasteiger partial charge in [0.2, 0.25) is 0 Å². The summed E-state index contributed by atoms with van der Waals surface area (Å²) in [6.07, 6.45) is 0.139. The molecule has 0 unspecified atom stereocenters. The quantitative estimate of drug-likeness (QED) is 0.739. The average molecular weight is 297 g/mol.